The van der Waals surface area contributed by atoms with Gasteiger partial charge in [-0.2, -0.15) is 0 Å². The molecule has 1 aliphatic heterocycles. The van der Waals surface area contributed by atoms with Gasteiger partial charge in [0.25, 0.3) is 0 Å². The van der Waals surface area contributed by atoms with E-state index in [2.05, 4.69) is 37.2 Å². The van der Waals surface area contributed by atoms with E-state index in [-0.39, 0.29) is 0 Å². The van der Waals surface area contributed by atoms with Gasteiger partial charge in [0.2, 0.25) is 0 Å². The van der Waals surface area contributed by atoms with Gasteiger partial charge in [0.1, 0.15) is 11.5 Å². The van der Waals surface area contributed by atoms with E-state index in [1.54, 1.807) is 0 Å². The number of hydrogen-bond donors (Lipinski definition) is 1. The number of nitrogens with zero attached hydrogens (tertiary/aromatic N) is 1. The molecule has 18 heavy (non-hydrogen) atoms. The molecule has 1 atom stereocenters. The maximum atomic E-state index is 5.64. The highest BCUT2D eigenvalue weighted by molar-refractivity contribution is 5.23. The molecule has 1 aromatic rings. The molecule has 1 saturated heterocycles. The Kier molecular flexibility index (Phi) is 4.46. The molecular formula is C15H26N2O. The zero-order valence-corrected chi connectivity index (χ0v) is 12.1. The second-order valence-electron chi connectivity index (χ2n) is 5.68. The summed E-state index contributed by atoms with van der Waals surface area (Å²) >= 11 is 0. The SMILES string of the molecule is Cc1cc(C(C)N(C)CC2CCNCC2)c(C)o1. The van der Waals surface area contributed by atoms with Crippen LogP contribution in [0.3, 0.4) is 0 Å². The van der Waals surface area contributed by atoms with Crippen LogP contribution in [0, 0.1) is 19.8 Å². The maximum Gasteiger partial charge on any atom is 0.105 e. The fourth-order valence-electron chi connectivity index (χ4n) is 2.93. The average molecular weight is 250 g/mol. The molecule has 2 rings (SSSR count). The van der Waals surface area contributed by atoms with Gasteiger partial charge in [-0.1, -0.05) is 0 Å². The van der Waals surface area contributed by atoms with Crippen molar-refractivity contribution in [2.24, 2.45) is 5.92 Å². The predicted octanol–water partition coefficient (Wildman–Crippen LogP) is 2.89. The Labute approximate surface area is 111 Å². The second-order valence-corrected chi connectivity index (χ2v) is 5.68. The summed E-state index contributed by atoms with van der Waals surface area (Å²) in [5, 5.41) is 3.43. The van der Waals surface area contributed by atoms with E-state index >= 15 is 0 Å². The number of rotatable bonds is 4. The fourth-order valence-corrected chi connectivity index (χ4v) is 2.93. The van der Waals surface area contributed by atoms with Crippen molar-refractivity contribution >= 4 is 0 Å². The van der Waals surface area contributed by atoms with Gasteiger partial charge in [-0.15, -0.1) is 0 Å². The zero-order valence-electron chi connectivity index (χ0n) is 12.1. The van der Waals surface area contributed by atoms with Crippen molar-refractivity contribution in [1.29, 1.82) is 0 Å². The van der Waals surface area contributed by atoms with Crippen molar-refractivity contribution in [2.45, 2.75) is 39.7 Å². The lowest BCUT2D eigenvalue weighted by atomic mass is 9.96. The van der Waals surface area contributed by atoms with Crippen molar-refractivity contribution in [2.75, 3.05) is 26.7 Å². The van der Waals surface area contributed by atoms with E-state index in [1.807, 2.05) is 6.92 Å². The molecule has 0 amide bonds. The maximum absolute atomic E-state index is 5.64. The molecular weight excluding hydrogens is 224 g/mol. The highest BCUT2D eigenvalue weighted by atomic mass is 16.3. The Balaban J connectivity index is 1.95. The molecule has 1 N–H and O–H groups in total. The van der Waals surface area contributed by atoms with Gasteiger partial charge in [0.05, 0.1) is 0 Å². The van der Waals surface area contributed by atoms with E-state index in [1.165, 1.54) is 38.0 Å². The van der Waals surface area contributed by atoms with Gasteiger partial charge in [-0.05, 0) is 65.7 Å². The van der Waals surface area contributed by atoms with Crippen LogP contribution in [-0.2, 0) is 0 Å². The first-order valence-electron chi connectivity index (χ1n) is 7.06. The van der Waals surface area contributed by atoms with Crippen molar-refractivity contribution in [1.82, 2.24) is 10.2 Å². The largest absolute Gasteiger partial charge is 0.466 e. The van der Waals surface area contributed by atoms with E-state index in [9.17, 15) is 0 Å². The number of aryl methyl sites for hydroxylation is 2. The molecule has 1 aromatic heterocycles. The molecule has 3 heteroatoms. The summed E-state index contributed by atoms with van der Waals surface area (Å²) in [4.78, 5) is 2.47. The smallest absolute Gasteiger partial charge is 0.105 e. The average Bonchev–Trinajstić information content (AvgIpc) is 2.68. The van der Waals surface area contributed by atoms with Crippen molar-refractivity contribution in [3.8, 4) is 0 Å². The Morgan fingerprint density at radius 3 is 2.61 bits per heavy atom. The fraction of sp³-hybridized carbons (Fsp3) is 0.733. The molecule has 1 fully saturated rings. The molecule has 3 nitrogen and oxygen atoms in total. The summed E-state index contributed by atoms with van der Waals surface area (Å²) in [6, 6.07) is 2.62. The first-order chi connectivity index (χ1) is 8.58. The predicted molar refractivity (Wildman–Crippen MR) is 74.8 cm³/mol. The third kappa shape index (κ3) is 3.15. The van der Waals surface area contributed by atoms with E-state index in [0.29, 0.717) is 6.04 Å². The summed E-state index contributed by atoms with van der Waals surface area (Å²) in [5.74, 6) is 2.92. The van der Waals surface area contributed by atoms with Crippen LogP contribution >= 0.6 is 0 Å². The lowest BCUT2D eigenvalue weighted by molar-refractivity contribution is 0.195. The summed E-state index contributed by atoms with van der Waals surface area (Å²) < 4.78 is 5.64. The lowest BCUT2D eigenvalue weighted by Crippen LogP contribution is -2.35. The second kappa shape index (κ2) is 5.89. The Bertz CT molecular complexity index is 380. The molecule has 0 aliphatic carbocycles. The number of hydrogen-bond acceptors (Lipinski definition) is 3. The lowest BCUT2D eigenvalue weighted by Gasteiger charge is -2.31. The van der Waals surface area contributed by atoms with Crippen molar-refractivity contribution < 1.29 is 4.42 Å². The van der Waals surface area contributed by atoms with Crippen LogP contribution < -0.4 is 5.32 Å². The van der Waals surface area contributed by atoms with Gasteiger partial charge >= 0.3 is 0 Å². The van der Waals surface area contributed by atoms with Crippen LogP contribution in [0.15, 0.2) is 10.5 Å². The summed E-state index contributed by atoms with van der Waals surface area (Å²) in [5.41, 5.74) is 1.34. The molecule has 1 unspecified atom stereocenters. The molecule has 102 valence electrons. The minimum absolute atomic E-state index is 0.442. The number of furan rings is 1. The minimum Gasteiger partial charge on any atom is -0.466 e. The van der Waals surface area contributed by atoms with Crippen LogP contribution in [0.5, 0.6) is 0 Å². The Morgan fingerprint density at radius 1 is 1.39 bits per heavy atom. The third-order valence-corrected chi connectivity index (χ3v) is 4.20. The molecule has 0 radical (unpaired) electrons. The third-order valence-electron chi connectivity index (χ3n) is 4.20. The monoisotopic (exact) mass is 250 g/mol. The van der Waals surface area contributed by atoms with Crippen LogP contribution in [0.1, 0.15) is 42.9 Å². The van der Waals surface area contributed by atoms with Gasteiger partial charge in [-0.25, -0.2) is 0 Å². The van der Waals surface area contributed by atoms with Crippen LogP contribution in [0.4, 0.5) is 0 Å². The summed E-state index contributed by atoms with van der Waals surface area (Å²) in [7, 11) is 2.23. The van der Waals surface area contributed by atoms with Gasteiger partial charge in [0.15, 0.2) is 0 Å². The Hall–Kier alpha value is -0.800. The highest BCUT2D eigenvalue weighted by Crippen LogP contribution is 2.26. The van der Waals surface area contributed by atoms with Crippen LogP contribution in [0.2, 0.25) is 0 Å². The summed E-state index contributed by atoms with van der Waals surface area (Å²) in [6.07, 6.45) is 2.61. The first-order valence-corrected chi connectivity index (χ1v) is 7.06. The van der Waals surface area contributed by atoms with Crippen molar-refractivity contribution in [3.05, 3.63) is 23.2 Å². The quantitative estimate of drug-likeness (QED) is 0.890. The molecule has 2 heterocycles. The molecule has 0 spiro atoms. The van der Waals surface area contributed by atoms with Gasteiger partial charge in [0, 0.05) is 18.2 Å². The highest BCUT2D eigenvalue weighted by Gasteiger charge is 2.21. The zero-order chi connectivity index (χ0) is 13.1. The molecule has 1 aliphatic rings. The standard InChI is InChI=1S/C15H26N2O/c1-11-9-15(13(3)18-11)12(2)17(4)10-14-5-7-16-8-6-14/h9,12,14,16H,5-8,10H2,1-4H3. The summed E-state index contributed by atoms with van der Waals surface area (Å²) in [6.45, 7) is 9.91. The van der Waals surface area contributed by atoms with E-state index in [4.69, 9.17) is 4.42 Å². The Morgan fingerprint density at radius 2 is 2.06 bits per heavy atom. The van der Waals surface area contributed by atoms with Gasteiger partial charge in [-0.3, -0.25) is 4.90 Å². The van der Waals surface area contributed by atoms with E-state index < -0.39 is 0 Å². The van der Waals surface area contributed by atoms with Crippen molar-refractivity contribution in [3.63, 3.8) is 0 Å². The molecule has 0 saturated carbocycles. The molecule has 0 aromatic carbocycles. The van der Waals surface area contributed by atoms with Crippen LogP contribution in [0.25, 0.3) is 0 Å². The molecule has 0 bridgehead atoms. The van der Waals surface area contributed by atoms with E-state index in [0.717, 1.165) is 17.4 Å². The normalized spacial score (nSPS) is 19.4. The number of nitrogens with one attached hydrogen (secondary N) is 1. The topological polar surface area (TPSA) is 28.4 Å². The first kappa shape index (κ1) is 13.6. The number of piperidine rings is 1. The minimum atomic E-state index is 0.442. The van der Waals surface area contributed by atoms with Crippen LogP contribution in [-0.4, -0.2) is 31.6 Å². The van der Waals surface area contributed by atoms with Gasteiger partial charge < -0.3 is 9.73 Å².